The van der Waals surface area contributed by atoms with E-state index in [0.29, 0.717) is 12.2 Å². The van der Waals surface area contributed by atoms with Crippen molar-refractivity contribution in [3.8, 4) is 0 Å². The first-order valence-electron chi connectivity index (χ1n) is 10.3. The first kappa shape index (κ1) is 19.2. The lowest BCUT2D eigenvalue weighted by Gasteiger charge is -2.19. The fourth-order valence-electron chi connectivity index (χ4n) is 3.86. The molecule has 1 aliphatic rings. The first-order chi connectivity index (χ1) is 14.2. The number of nitrogens with one attached hydrogen (secondary N) is 2. The van der Waals surface area contributed by atoms with E-state index < -0.39 is 0 Å². The second-order valence-electron chi connectivity index (χ2n) is 7.48. The van der Waals surface area contributed by atoms with Gasteiger partial charge in [0.15, 0.2) is 0 Å². The molecule has 2 aromatic heterocycles. The van der Waals surface area contributed by atoms with Gasteiger partial charge < -0.3 is 15.2 Å². The van der Waals surface area contributed by atoms with Crippen LogP contribution in [0.25, 0.3) is 10.9 Å². The topological polar surface area (TPSA) is 78.1 Å². The largest absolute Gasteiger partial charge is 0.361 e. The molecule has 0 spiro atoms. The summed E-state index contributed by atoms with van der Waals surface area (Å²) < 4.78 is 0. The predicted molar refractivity (Wildman–Crippen MR) is 113 cm³/mol. The number of rotatable bonds is 5. The van der Waals surface area contributed by atoms with Crippen molar-refractivity contribution in [1.29, 1.82) is 0 Å². The van der Waals surface area contributed by atoms with Gasteiger partial charge in [0.05, 0.1) is 0 Å². The fourth-order valence-corrected chi connectivity index (χ4v) is 3.86. The van der Waals surface area contributed by atoms with Gasteiger partial charge in [0, 0.05) is 36.7 Å². The Kier molecular flexibility index (Phi) is 5.89. The molecule has 0 aliphatic carbocycles. The summed E-state index contributed by atoms with van der Waals surface area (Å²) in [6.45, 7) is 2.04. The third-order valence-corrected chi connectivity index (χ3v) is 5.45. The van der Waals surface area contributed by atoms with Crippen LogP contribution in [-0.2, 0) is 6.42 Å². The SMILES string of the molecule is O=C(NCCc1c[nH]c2ccccc12)c1cccc(C(=O)N2CCCCCC2)n1. The summed E-state index contributed by atoms with van der Waals surface area (Å²) in [5, 5.41) is 4.09. The molecule has 0 atom stereocenters. The highest BCUT2D eigenvalue weighted by Gasteiger charge is 2.19. The van der Waals surface area contributed by atoms with Crippen LogP contribution < -0.4 is 5.32 Å². The normalized spacial score (nSPS) is 14.6. The number of fused-ring (bicyclic) bond motifs is 1. The summed E-state index contributed by atoms with van der Waals surface area (Å²) in [5.74, 6) is -0.337. The van der Waals surface area contributed by atoms with Gasteiger partial charge in [-0.3, -0.25) is 9.59 Å². The minimum Gasteiger partial charge on any atom is -0.361 e. The van der Waals surface area contributed by atoms with Crippen molar-refractivity contribution < 1.29 is 9.59 Å². The van der Waals surface area contributed by atoms with Gasteiger partial charge in [-0.1, -0.05) is 37.1 Å². The van der Waals surface area contributed by atoms with E-state index in [1.807, 2.05) is 29.3 Å². The first-order valence-corrected chi connectivity index (χ1v) is 10.3. The number of aromatic nitrogens is 2. The number of nitrogens with zero attached hydrogens (tertiary/aromatic N) is 2. The molecule has 3 aromatic rings. The Hall–Kier alpha value is -3.15. The number of hydrogen-bond acceptors (Lipinski definition) is 3. The zero-order valence-electron chi connectivity index (χ0n) is 16.5. The number of likely N-dealkylation sites (tertiary alicyclic amines) is 1. The standard InChI is InChI=1S/C23H26N4O2/c28-22(24-13-12-17-16-25-19-9-4-3-8-18(17)19)20-10-7-11-21(26-20)23(29)27-14-5-1-2-6-15-27/h3-4,7-11,16,25H,1-2,5-6,12-15H2,(H,24,28). The third-order valence-electron chi connectivity index (χ3n) is 5.45. The molecular formula is C23H26N4O2. The van der Waals surface area contributed by atoms with E-state index in [1.54, 1.807) is 18.2 Å². The Morgan fingerprint density at radius 1 is 0.966 bits per heavy atom. The molecular weight excluding hydrogens is 364 g/mol. The number of benzene rings is 1. The van der Waals surface area contributed by atoms with Crippen LogP contribution in [0.2, 0.25) is 0 Å². The van der Waals surface area contributed by atoms with Crippen LogP contribution in [0.1, 0.15) is 52.2 Å². The van der Waals surface area contributed by atoms with Gasteiger partial charge in [0.25, 0.3) is 11.8 Å². The summed E-state index contributed by atoms with van der Waals surface area (Å²) >= 11 is 0. The van der Waals surface area contributed by atoms with Crippen molar-refractivity contribution >= 4 is 22.7 Å². The van der Waals surface area contributed by atoms with E-state index in [-0.39, 0.29) is 17.5 Å². The molecule has 0 saturated carbocycles. The molecule has 2 amide bonds. The van der Waals surface area contributed by atoms with Crippen molar-refractivity contribution in [2.75, 3.05) is 19.6 Å². The second kappa shape index (κ2) is 8.90. The molecule has 6 heteroatoms. The summed E-state index contributed by atoms with van der Waals surface area (Å²) in [6, 6.07) is 13.2. The zero-order valence-corrected chi connectivity index (χ0v) is 16.5. The molecule has 2 N–H and O–H groups in total. The van der Waals surface area contributed by atoms with Gasteiger partial charge in [0.2, 0.25) is 0 Å². The van der Waals surface area contributed by atoms with E-state index >= 15 is 0 Å². The smallest absolute Gasteiger partial charge is 0.272 e. The van der Waals surface area contributed by atoms with Crippen LogP contribution in [0.4, 0.5) is 0 Å². The lowest BCUT2D eigenvalue weighted by atomic mass is 10.1. The molecule has 3 heterocycles. The molecule has 29 heavy (non-hydrogen) atoms. The minimum atomic E-state index is -0.254. The number of H-pyrrole nitrogens is 1. The van der Waals surface area contributed by atoms with Crippen LogP contribution in [0, 0.1) is 0 Å². The molecule has 0 radical (unpaired) electrons. The highest BCUT2D eigenvalue weighted by molar-refractivity contribution is 5.96. The molecule has 4 rings (SSSR count). The number of hydrogen-bond donors (Lipinski definition) is 2. The third kappa shape index (κ3) is 4.47. The van der Waals surface area contributed by atoms with E-state index in [1.165, 1.54) is 10.9 Å². The van der Waals surface area contributed by atoms with Crippen LogP contribution in [-0.4, -0.2) is 46.3 Å². The molecule has 6 nitrogen and oxygen atoms in total. The molecule has 1 aromatic carbocycles. The maximum atomic E-state index is 12.7. The Labute approximate surface area is 170 Å². The zero-order chi connectivity index (χ0) is 20.1. The van der Waals surface area contributed by atoms with Crippen LogP contribution >= 0.6 is 0 Å². The average Bonchev–Trinajstić information content (AvgIpc) is 2.97. The van der Waals surface area contributed by atoms with Gasteiger partial charge in [-0.05, 0) is 43.0 Å². The van der Waals surface area contributed by atoms with E-state index in [9.17, 15) is 9.59 Å². The van der Waals surface area contributed by atoms with Crippen LogP contribution in [0.5, 0.6) is 0 Å². The number of carbonyl (C=O) groups is 2. The second-order valence-corrected chi connectivity index (χ2v) is 7.48. The molecule has 1 fully saturated rings. The van der Waals surface area contributed by atoms with E-state index in [4.69, 9.17) is 0 Å². The quantitative estimate of drug-likeness (QED) is 0.699. The number of pyridine rings is 1. The Balaban J connectivity index is 1.37. The van der Waals surface area contributed by atoms with Crippen molar-refractivity contribution in [3.63, 3.8) is 0 Å². The number of amides is 2. The monoisotopic (exact) mass is 390 g/mol. The number of para-hydroxylation sites is 1. The van der Waals surface area contributed by atoms with Crippen molar-refractivity contribution in [2.45, 2.75) is 32.1 Å². The predicted octanol–water partition coefficient (Wildman–Crippen LogP) is 3.55. The van der Waals surface area contributed by atoms with Gasteiger partial charge in [-0.15, -0.1) is 0 Å². The van der Waals surface area contributed by atoms with Gasteiger partial charge in [-0.2, -0.15) is 0 Å². The van der Waals surface area contributed by atoms with Crippen molar-refractivity contribution in [3.05, 3.63) is 65.6 Å². The number of carbonyl (C=O) groups excluding carboxylic acids is 2. The molecule has 1 aliphatic heterocycles. The molecule has 150 valence electrons. The van der Waals surface area contributed by atoms with Crippen LogP contribution in [0.15, 0.2) is 48.7 Å². The Morgan fingerprint density at radius 3 is 2.55 bits per heavy atom. The maximum Gasteiger partial charge on any atom is 0.272 e. The molecule has 1 saturated heterocycles. The lowest BCUT2D eigenvalue weighted by molar-refractivity contribution is 0.0755. The lowest BCUT2D eigenvalue weighted by Crippen LogP contribution is -2.33. The highest BCUT2D eigenvalue weighted by atomic mass is 16.2. The minimum absolute atomic E-state index is 0.0830. The van der Waals surface area contributed by atoms with Crippen LogP contribution in [0.3, 0.4) is 0 Å². The van der Waals surface area contributed by atoms with Gasteiger partial charge >= 0.3 is 0 Å². The Bertz CT molecular complexity index is 1000. The Morgan fingerprint density at radius 2 is 1.72 bits per heavy atom. The van der Waals surface area contributed by atoms with Gasteiger partial charge in [-0.25, -0.2) is 4.98 Å². The number of aromatic amines is 1. The molecule has 0 unspecified atom stereocenters. The average molecular weight is 390 g/mol. The van der Waals surface area contributed by atoms with Gasteiger partial charge in [0.1, 0.15) is 11.4 Å². The van der Waals surface area contributed by atoms with Crippen molar-refractivity contribution in [2.24, 2.45) is 0 Å². The fraction of sp³-hybridized carbons (Fsp3) is 0.348. The summed E-state index contributed by atoms with van der Waals surface area (Å²) in [7, 11) is 0. The summed E-state index contributed by atoms with van der Waals surface area (Å²) in [4.78, 5) is 34.7. The molecule has 0 bridgehead atoms. The van der Waals surface area contributed by atoms with E-state index in [2.05, 4.69) is 21.4 Å². The summed E-state index contributed by atoms with van der Waals surface area (Å²) in [6.07, 6.45) is 7.09. The van der Waals surface area contributed by atoms with Crippen molar-refractivity contribution in [1.82, 2.24) is 20.2 Å². The highest BCUT2D eigenvalue weighted by Crippen LogP contribution is 2.18. The maximum absolute atomic E-state index is 12.7. The summed E-state index contributed by atoms with van der Waals surface area (Å²) in [5.41, 5.74) is 2.88. The van der Waals surface area contributed by atoms with E-state index in [0.717, 1.165) is 50.7 Å².